The molecule has 1 amide bonds. The molecule has 0 atom stereocenters. The summed E-state index contributed by atoms with van der Waals surface area (Å²) in [6.45, 7) is 2.38. The Balaban J connectivity index is 3.25. The lowest BCUT2D eigenvalue weighted by Gasteiger charge is -2.00. The van der Waals surface area contributed by atoms with E-state index in [4.69, 9.17) is 10.5 Å². The van der Waals surface area contributed by atoms with Gasteiger partial charge in [-0.3, -0.25) is 9.59 Å². The molecule has 0 unspecified atom stereocenters. The first kappa shape index (κ1) is 10.9. The van der Waals surface area contributed by atoms with E-state index in [-0.39, 0.29) is 24.7 Å². The number of nitrogens with two attached hydrogens (primary N) is 1. The fourth-order valence-corrected chi connectivity index (χ4v) is 0.695. The number of amides is 1. The van der Waals surface area contributed by atoms with E-state index >= 15 is 0 Å². The van der Waals surface area contributed by atoms with Crippen LogP contribution in [0, 0.1) is 0 Å². The summed E-state index contributed by atoms with van der Waals surface area (Å²) < 4.78 is 4.78. The average molecular weight is 173 g/mol. The molecule has 0 aliphatic carbocycles. The third-order valence-corrected chi connectivity index (χ3v) is 1.27. The fraction of sp³-hybridized carbons (Fsp3) is 0.750. The van der Waals surface area contributed by atoms with E-state index < -0.39 is 0 Å². The van der Waals surface area contributed by atoms with Crippen LogP contribution in [0.1, 0.15) is 32.6 Å². The number of primary amides is 1. The molecule has 0 fully saturated rings. The van der Waals surface area contributed by atoms with E-state index in [1.165, 1.54) is 0 Å². The van der Waals surface area contributed by atoms with Gasteiger partial charge in [0.1, 0.15) is 0 Å². The van der Waals surface area contributed by atoms with Gasteiger partial charge in [0.25, 0.3) is 0 Å². The molecule has 0 aromatic rings. The Labute approximate surface area is 72.1 Å². The van der Waals surface area contributed by atoms with Crippen LogP contribution in [0.4, 0.5) is 0 Å². The van der Waals surface area contributed by atoms with Crippen LogP contribution in [0.5, 0.6) is 0 Å². The van der Waals surface area contributed by atoms with Gasteiger partial charge in [-0.05, 0) is 12.8 Å². The van der Waals surface area contributed by atoms with E-state index in [2.05, 4.69) is 0 Å². The second-order valence-electron chi connectivity index (χ2n) is 2.54. The molecule has 0 saturated heterocycles. The molecule has 0 aliphatic rings. The van der Waals surface area contributed by atoms with Crippen LogP contribution in [-0.2, 0) is 14.3 Å². The number of carbonyl (C=O) groups is 2. The molecule has 0 radical (unpaired) electrons. The highest BCUT2D eigenvalue weighted by Gasteiger charge is 2.02. The summed E-state index contributed by atoms with van der Waals surface area (Å²) in [5.41, 5.74) is 4.89. The smallest absolute Gasteiger partial charge is 0.305 e. The Bertz CT molecular complexity index is 156. The van der Waals surface area contributed by atoms with Gasteiger partial charge in [0.2, 0.25) is 5.91 Å². The first-order chi connectivity index (χ1) is 5.66. The molecule has 0 bridgehead atoms. The maximum absolute atomic E-state index is 10.8. The molecule has 0 rings (SSSR count). The summed E-state index contributed by atoms with van der Waals surface area (Å²) in [6, 6.07) is 0. The summed E-state index contributed by atoms with van der Waals surface area (Å²) >= 11 is 0. The van der Waals surface area contributed by atoms with Crippen molar-refractivity contribution in [3.63, 3.8) is 0 Å². The van der Waals surface area contributed by atoms with E-state index in [9.17, 15) is 9.59 Å². The van der Waals surface area contributed by atoms with Crippen LogP contribution >= 0.6 is 0 Å². The van der Waals surface area contributed by atoms with Crippen molar-refractivity contribution in [2.24, 2.45) is 5.73 Å². The second-order valence-corrected chi connectivity index (χ2v) is 2.54. The number of ether oxygens (including phenoxy) is 1. The normalized spacial score (nSPS) is 9.42. The fourth-order valence-electron chi connectivity index (χ4n) is 0.695. The van der Waals surface area contributed by atoms with E-state index in [1.54, 1.807) is 0 Å². The van der Waals surface area contributed by atoms with Gasteiger partial charge in [0.15, 0.2) is 0 Å². The second kappa shape index (κ2) is 6.64. The minimum absolute atomic E-state index is 0.251. The largest absolute Gasteiger partial charge is 0.466 e. The maximum atomic E-state index is 10.8. The van der Waals surface area contributed by atoms with Crippen molar-refractivity contribution in [2.75, 3.05) is 6.61 Å². The minimum atomic E-state index is -0.377. The summed E-state index contributed by atoms with van der Waals surface area (Å²) in [5, 5.41) is 0. The van der Waals surface area contributed by atoms with Gasteiger partial charge < -0.3 is 10.5 Å². The van der Waals surface area contributed by atoms with Crippen molar-refractivity contribution in [1.82, 2.24) is 0 Å². The Morgan fingerprint density at radius 2 is 2.00 bits per heavy atom. The molecule has 0 heterocycles. The van der Waals surface area contributed by atoms with E-state index in [1.807, 2.05) is 6.92 Å². The van der Waals surface area contributed by atoms with Crippen LogP contribution in [0.15, 0.2) is 0 Å². The van der Waals surface area contributed by atoms with Gasteiger partial charge in [-0.1, -0.05) is 6.92 Å². The van der Waals surface area contributed by atoms with Crippen molar-refractivity contribution >= 4 is 11.9 Å². The van der Waals surface area contributed by atoms with Gasteiger partial charge >= 0.3 is 5.97 Å². The highest BCUT2D eigenvalue weighted by Crippen LogP contribution is 1.97. The lowest BCUT2D eigenvalue weighted by Crippen LogP contribution is -2.11. The van der Waals surface area contributed by atoms with Crippen LogP contribution in [0.25, 0.3) is 0 Å². The highest BCUT2D eigenvalue weighted by atomic mass is 16.5. The highest BCUT2D eigenvalue weighted by molar-refractivity contribution is 5.75. The van der Waals surface area contributed by atoms with Crippen LogP contribution in [0.3, 0.4) is 0 Å². The molecule has 12 heavy (non-hydrogen) atoms. The molecule has 0 aromatic heterocycles. The average Bonchev–Trinajstić information content (AvgIpc) is 2.00. The number of hydrogen-bond donors (Lipinski definition) is 1. The van der Waals surface area contributed by atoms with Crippen molar-refractivity contribution < 1.29 is 14.3 Å². The molecule has 2 N–H and O–H groups in total. The summed E-state index contributed by atoms with van der Waals surface area (Å²) in [4.78, 5) is 21.1. The molecule has 4 heteroatoms. The number of esters is 1. The Hall–Kier alpha value is -1.06. The van der Waals surface area contributed by atoms with Crippen LogP contribution in [-0.4, -0.2) is 18.5 Å². The zero-order chi connectivity index (χ0) is 9.40. The Kier molecular flexibility index (Phi) is 6.05. The maximum Gasteiger partial charge on any atom is 0.305 e. The van der Waals surface area contributed by atoms with E-state index in [0.29, 0.717) is 13.0 Å². The lowest BCUT2D eigenvalue weighted by molar-refractivity contribution is -0.143. The predicted octanol–water partition coefficient (Wildman–Crippen LogP) is 0.595. The molecule has 70 valence electrons. The molecule has 0 spiro atoms. The van der Waals surface area contributed by atoms with Crippen molar-refractivity contribution in [2.45, 2.75) is 32.6 Å². The zero-order valence-corrected chi connectivity index (χ0v) is 7.34. The van der Waals surface area contributed by atoms with Gasteiger partial charge in [-0.15, -0.1) is 0 Å². The summed E-state index contributed by atoms with van der Waals surface area (Å²) in [6.07, 6.45) is 1.84. The van der Waals surface area contributed by atoms with Gasteiger partial charge in [-0.2, -0.15) is 0 Å². The first-order valence-electron chi connectivity index (χ1n) is 4.10. The molecule has 0 saturated carbocycles. The van der Waals surface area contributed by atoms with Gasteiger partial charge in [-0.25, -0.2) is 0 Å². The SMILES string of the molecule is CCCOC(=O)CCCC(N)=O. The topological polar surface area (TPSA) is 69.4 Å². The lowest BCUT2D eigenvalue weighted by atomic mass is 10.2. The Morgan fingerprint density at radius 1 is 1.33 bits per heavy atom. The monoisotopic (exact) mass is 173 g/mol. The first-order valence-corrected chi connectivity index (χ1v) is 4.10. The van der Waals surface area contributed by atoms with Gasteiger partial charge in [0, 0.05) is 12.8 Å². The van der Waals surface area contributed by atoms with Crippen molar-refractivity contribution in [1.29, 1.82) is 0 Å². The van der Waals surface area contributed by atoms with E-state index in [0.717, 1.165) is 6.42 Å². The number of rotatable bonds is 6. The quantitative estimate of drug-likeness (QED) is 0.598. The van der Waals surface area contributed by atoms with Crippen molar-refractivity contribution in [3.05, 3.63) is 0 Å². The third-order valence-electron chi connectivity index (χ3n) is 1.27. The molecule has 4 nitrogen and oxygen atoms in total. The van der Waals surface area contributed by atoms with Crippen LogP contribution in [0.2, 0.25) is 0 Å². The summed E-state index contributed by atoms with van der Waals surface area (Å²) in [7, 11) is 0. The number of carbonyl (C=O) groups excluding carboxylic acids is 2. The minimum Gasteiger partial charge on any atom is -0.466 e. The Morgan fingerprint density at radius 3 is 2.50 bits per heavy atom. The molecular formula is C8H15NO3. The molecular weight excluding hydrogens is 158 g/mol. The molecule has 0 aliphatic heterocycles. The zero-order valence-electron chi connectivity index (χ0n) is 7.34. The standard InChI is InChI=1S/C8H15NO3/c1-2-6-12-8(11)5-3-4-7(9)10/h2-6H2,1H3,(H2,9,10). The third kappa shape index (κ3) is 7.05. The van der Waals surface area contributed by atoms with Crippen molar-refractivity contribution in [3.8, 4) is 0 Å². The number of hydrogen-bond acceptors (Lipinski definition) is 3. The molecule has 0 aromatic carbocycles. The van der Waals surface area contributed by atoms with Gasteiger partial charge in [0.05, 0.1) is 6.61 Å². The summed E-state index contributed by atoms with van der Waals surface area (Å²) in [5.74, 6) is -0.628. The van der Waals surface area contributed by atoms with Crippen LogP contribution < -0.4 is 5.73 Å². The predicted molar refractivity (Wildman–Crippen MR) is 44.3 cm³/mol.